The second-order valence-corrected chi connectivity index (χ2v) is 7.67. The van der Waals surface area contributed by atoms with E-state index >= 15 is 0 Å². The highest BCUT2D eigenvalue weighted by atomic mass is 35.5. The van der Waals surface area contributed by atoms with Gasteiger partial charge in [0.25, 0.3) is 5.91 Å². The maximum Gasteiger partial charge on any atom is 0.335 e. The van der Waals surface area contributed by atoms with E-state index in [2.05, 4.69) is 5.32 Å². The summed E-state index contributed by atoms with van der Waals surface area (Å²) < 4.78 is 11.2. The number of benzene rings is 3. The number of carboxylic acid groups (broad SMARTS) is 1. The van der Waals surface area contributed by atoms with Crippen LogP contribution in [-0.2, 0) is 11.4 Å². The zero-order valence-electron chi connectivity index (χ0n) is 18.5. The third-order valence-corrected chi connectivity index (χ3v) is 5.19. The lowest BCUT2D eigenvalue weighted by Gasteiger charge is -2.14. The van der Waals surface area contributed by atoms with Crippen molar-refractivity contribution in [3.63, 3.8) is 0 Å². The standard InChI is InChI=1S/C26H21ClN2O5/c1-16-5-3-4-6-22(16)29-25(30)20(14-28)11-18-12-21(27)24(23(13-18)33-2)34-15-17-7-9-19(10-8-17)26(31)32/h3-13H,15H2,1-2H3,(H,29,30)(H,31,32)/b20-11-. The number of carbonyl (C=O) groups is 2. The van der Waals surface area contributed by atoms with Gasteiger partial charge < -0.3 is 19.9 Å². The van der Waals surface area contributed by atoms with Crippen molar-refractivity contribution in [3.05, 3.63) is 93.5 Å². The molecule has 0 saturated heterocycles. The molecule has 3 aromatic carbocycles. The molecule has 0 saturated carbocycles. The molecule has 0 aliphatic carbocycles. The zero-order valence-corrected chi connectivity index (χ0v) is 19.2. The summed E-state index contributed by atoms with van der Waals surface area (Å²) in [4.78, 5) is 23.6. The van der Waals surface area contributed by atoms with Crippen LogP contribution in [0.3, 0.4) is 0 Å². The van der Waals surface area contributed by atoms with Crippen LogP contribution >= 0.6 is 11.6 Å². The van der Waals surface area contributed by atoms with E-state index in [-0.39, 0.29) is 28.5 Å². The number of nitrogens with zero attached hydrogens (tertiary/aromatic N) is 1. The lowest BCUT2D eigenvalue weighted by Crippen LogP contribution is -2.14. The van der Waals surface area contributed by atoms with Crippen LogP contribution in [0, 0.1) is 18.3 Å². The van der Waals surface area contributed by atoms with Crippen molar-refractivity contribution in [1.29, 1.82) is 5.26 Å². The molecule has 172 valence electrons. The molecule has 0 heterocycles. The van der Waals surface area contributed by atoms with E-state index in [0.29, 0.717) is 17.0 Å². The normalized spacial score (nSPS) is 10.8. The monoisotopic (exact) mass is 476 g/mol. The lowest BCUT2D eigenvalue weighted by molar-refractivity contribution is -0.112. The van der Waals surface area contributed by atoms with Gasteiger partial charge in [0.15, 0.2) is 11.5 Å². The van der Waals surface area contributed by atoms with E-state index in [1.807, 2.05) is 25.1 Å². The van der Waals surface area contributed by atoms with E-state index in [0.717, 1.165) is 11.1 Å². The molecule has 3 rings (SSSR count). The minimum Gasteiger partial charge on any atom is -0.493 e. The van der Waals surface area contributed by atoms with E-state index in [1.54, 1.807) is 36.4 Å². The van der Waals surface area contributed by atoms with Gasteiger partial charge in [0.05, 0.1) is 17.7 Å². The second kappa shape index (κ2) is 11.0. The number of nitrogens with one attached hydrogen (secondary N) is 1. The Hall–Kier alpha value is -4.28. The Kier molecular flexibility index (Phi) is 7.91. The number of para-hydroxylation sites is 1. The van der Waals surface area contributed by atoms with Crippen molar-refractivity contribution in [2.75, 3.05) is 12.4 Å². The Bertz CT molecular complexity index is 1290. The van der Waals surface area contributed by atoms with Gasteiger partial charge in [0.1, 0.15) is 18.2 Å². The molecule has 0 aliphatic heterocycles. The molecule has 0 aromatic heterocycles. The zero-order chi connectivity index (χ0) is 24.7. The number of hydrogen-bond acceptors (Lipinski definition) is 5. The number of anilines is 1. The van der Waals surface area contributed by atoms with E-state index < -0.39 is 11.9 Å². The number of methoxy groups -OCH3 is 1. The molecule has 2 N–H and O–H groups in total. The van der Waals surface area contributed by atoms with Gasteiger partial charge in [-0.1, -0.05) is 41.9 Å². The van der Waals surface area contributed by atoms with Crippen LogP contribution in [0.5, 0.6) is 11.5 Å². The predicted molar refractivity (Wildman–Crippen MR) is 129 cm³/mol. The summed E-state index contributed by atoms with van der Waals surface area (Å²) in [5.41, 5.74) is 2.79. The fourth-order valence-electron chi connectivity index (χ4n) is 3.08. The van der Waals surface area contributed by atoms with Gasteiger partial charge in [-0.2, -0.15) is 5.26 Å². The van der Waals surface area contributed by atoms with Crippen molar-refractivity contribution < 1.29 is 24.2 Å². The highest BCUT2D eigenvalue weighted by Crippen LogP contribution is 2.37. The molecule has 3 aromatic rings. The Morgan fingerprint density at radius 2 is 1.85 bits per heavy atom. The van der Waals surface area contributed by atoms with Crippen LogP contribution in [0.25, 0.3) is 6.08 Å². The smallest absolute Gasteiger partial charge is 0.335 e. The largest absolute Gasteiger partial charge is 0.493 e. The van der Waals surface area contributed by atoms with Crippen molar-refractivity contribution >= 4 is 35.2 Å². The van der Waals surface area contributed by atoms with Crippen LogP contribution < -0.4 is 14.8 Å². The molecular formula is C26H21ClN2O5. The molecule has 34 heavy (non-hydrogen) atoms. The topological polar surface area (TPSA) is 109 Å². The minimum atomic E-state index is -1.01. The molecule has 0 atom stereocenters. The molecular weight excluding hydrogens is 456 g/mol. The molecule has 0 aliphatic rings. The van der Waals surface area contributed by atoms with E-state index in [4.69, 9.17) is 26.2 Å². The van der Waals surface area contributed by atoms with Gasteiger partial charge in [-0.05, 0) is 60.0 Å². The van der Waals surface area contributed by atoms with Gasteiger partial charge in [0, 0.05) is 5.69 Å². The number of amides is 1. The number of halogens is 1. The third-order valence-electron chi connectivity index (χ3n) is 4.91. The first kappa shape index (κ1) is 24.4. The molecule has 0 radical (unpaired) electrons. The van der Waals surface area contributed by atoms with Crippen LogP contribution in [0.1, 0.15) is 27.0 Å². The summed E-state index contributed by atoms with van der Waals surface area (Å²) >= 11 is 6.41. The SMILES string of the molecule is COc1cc(/C=C(/C#N)C(=O)Nc2ccccc2C)cc(Cl)c1OCc1ccc(C(=O)O)cc1. The number of nitriles is 1. The summed E-state index contributed by atoms with van der Waals surface area (Å²) in [6.45, 7) is 1.99. The molecule has 0 bridgehead atoms. The molecule has 8 heteroatoms. The molecule has 0 fully saturated rings. The average molecular weight is 477 g/mol. The first-order valence-corrected chi connectivity index (χ1v) is 10.5. The number of ether oxygens (including phenoxy) is 2. The fraction of sp³-hybridized carbons (Fsp3) is 0.115. The van der Waals surface area contributed by atoms with Crippen molar-refractivity contribution in [3.8, 4) is 17.6 Å². The minimum absolute atomic E-state index is 0.103. The Labute approximate surface area is 201 Å². The maximum atomic E-state index is 12.6. The highest BCUT2D eigenvalue weighted by molar-refractivity contribution is 6.32. The van der Waals surface area contributed by atoms with Crippen LogP contribution in [0.2, 0.25) is 5.02 Å². The van der Waals surface area contributed by atoms with Crippen LogP contribution in [-0.4, -0.2) is 24.1 Å². The van der Waals surface area contributed by atoms with Gasteiger partial charge >= 0.3 is 5.97 Å². The fourth-order valence-corrected chi connectivity index (χ4v) is 3.35. The number of aromatic carboxylic acids is 1. The number of aryl methyl sites for hydroxylation is 1. The second-order valence-electron chi connectivity index (χ2n) is 7.26. The Balaban J connectivity index is 1.80. The predicted octanol–water partition coefficient (Wildman–Crippen LogP) is 5.48. The molecule has 7 nitrogen and oxygen atoms in total. The summed E-state index contributed by atoms with van der Waals surface area (Å²) in [6.07, 6.45) is 1.41. The molecule has 1 amide bonds. The van der Waals surface area contributed by atoms with E-state index in [9.17, 15) is 14.9 Å². The van der Waals surface area contributed by atoms with Crippen LogP contribution in [0.4, 0.5) is 5.69 Å². The van der Waals surface area contributed by atoms with Gasteiger partial charge in [-0.15, -0.1) is 0 Å². The maximum absolute atomic E-state index is 12.6. The lowest BCUT2D eigenvalue weighted by atomic mass is 10.1. The third kappa shape index (κ3) is 5.94. The van der Waals surface area contributed by atoms with Crippen molar-refractivity contribution in [2.45, 2.75) is 13.5 Å². The summed E-state index contributed by atoms with van der Waals surface area (Å²) in [6, 6.07) is 18.6. The Morgan fingerprint density at radius 3 is 2.47 bits per heavy atom. The highest BCUT2D eigenvalue weighted by Gasteiger charge is 2.15. The summed E-state index contributed by atoms with van der Waals surface area (Å²) in [5.74, 6) is -0.953. The van der Waals surface area contributed by atoms with Crippen molar-refractivity contribution in [1.82, 2.24) is 0 Å². The summed E-state index contributed by atoms with van der Waals surface area (Å²) in [5, 5.41) is 21.5. The quantitative estimate of drug-likeness (QED) is 0.329. The number of rotatable bonds is 8. The van der Waals surface area contributed by atoms with Crippen LogP contribution in [0.15, 0.2) is 66.2 Å². The average Bonchev–Trinajstić information content (AvgIpc) is 2.83. The summed E-state index contributed by atoms with van der Waals surface area (Å²) in [7, 11) is 1.45. The van der Waals surface area contributed by atoms with Crippen molar-refractivity contribution in [2.24, 2.45) is 0 Å². The van der Waals surface area contributed by atoms with E-state index in [1.165, 1.54) is 25.3 Å². The Morgan fingerprint density at radius 1 is 1.15 bits per heavy atom. The van der Waals surface area contributed by atoms with Gasteiger partial charge in [-0.25, -0.2) is 4.79 Å². The first-order valence-electron chi connectivity index (χ1n) is 10.1. The van der Waals surface area contributed by atoms with Gasteiger partial charge in [0.2, 0.25) is 0 Å². The van der Waals surface area contributed by atoms with Gasteiger partial charge in [-0.3, -0.25) is 4.79 Å². The number of hydrogen-bond donors (Lipinski definition) is 2. The number of carbonyl (C=O) groups excluding carboxylic acids is 1. The number of carboxylic acids is 1. The molecule has 0 unspecified atom stereocenters. The molecule has 0 spiro atoms. The first-order chi connectivity index (χ1) is 16.3.